The van der Waals surface area contributed by atoms with Gasteiger partial charge in [-0.25, -0.2) is 0 Å². The lowest BCUT2D eigenvalue weighted by Gasteiger charge is -2.29. The summed E-state index contributed by atoms with van der Waals surface area (Å²) in [5.41, 5.74) is 5.85. The third-order valence-corrected chi connectivity index (χ3v) is 3.65. The quantitative estimate of drug-likeness (QED) is 0.738. The summed E-state index contributed by atoms with van der Waals surface area (Å²) in [6.07, 6.45) is 2.36. The lowest BCUT2D eigenvalue weighted by Crippen LogP contribution is -2.37. The molecule has 4 nitrogen and oxygen atoms in total. The van der Waals surface area contributed by atoms with E-state index in [1.165, 1.54) is 12.8 Å². The van der Waals surface area contributed by atoms with E-state index in [0.29, 0.717) is 25.0 Å². The van der Waals surface area contributed by atoms with Crippen LogP contribution in [0.15, 0.2) is 24.3 Å². The predicted octanol–water partition coefficient (Wildman–Crippen LogP) is 1.35. The van der Waals surface area contributed by atoms with E-state index in [2.05, 4.69) is 5.32 Å². The predicted molar refractivity (Wildman–Crippen MR) is 71.7 cm³/mol. The molecule has 1 saturated heterocycles. The van der Waals surface area contributed by atoms with E-state index in [0.717, 1.165) is 18.8 Å². The Morgan fingerprint density at radius 1 is 1.28 bits per heavy atom. The van der Waals surface area contributed by atoms with Crippen LogP contribution in [0.25, 0.3) is 0 Å². The molecule has 0 aliphatic carbocycles. The van der Waals surface area contributed by atoms with Crippen LogP contribution in [-0.4, -0.2) is 31.3 Å². The molecule has 0 saturated carbocycles. The van der Waals surface area contributed by atoms with E-state index in [4.69, 9.17) is 10.5 Å². The molecule has 1 unspecified atom stereocenters. The van der Waals surface area contributed by atoms with Crippen LogP contribution in [0.2, 0.25) is 0 Å². The Kier molecular flexibility index (Phi) is 4.84. The van der Waals surface area contributed by atoms with Crippen LogP contribution in [-0.2, 0) is 0 Å². The van der Waals surface area contributed by atoms with Gasteiger partial charge in [-0.1, -0.05) is 0 Å². The molecule has 1 aliphatic rings. The Labute approximate surface area is 108 Å². The van der Waals surface area contributed by atoms with Gasteiger partial charge in [0.1, 0.15) is 11.5 Å². The Balaban J connectivity index is 1.84. The number of nitrogens with two attached hydrogens (primary N) is 1. The van der Waals surface area contributed by atoms with Crippen LogP contribution in [0, 0.1) is 11.8 Å². The summed E-state index contributed by atoms with van der Waals surface area (Å²) in [5.74, 6) is 2.13. The van der Waals surface area contributed by atoms with Crippen LogP contribution in [0.1, 0.15) is 12.8 Å². The lowest BCUT2D eigenvalue weighted by molar-refractivity contribution is 0.172. The first kappa shape index (κ1) is 13.2. The van der Waals surface area contributed by atoms with Gasteiger partial charge in [-0.05, 0) is 62.7 Å². The van der Waals surface area contributed by atoms with Crippen molar-refractivity contribution in [2.45, 2.75) is 12.8 Å². The van der Waals surface area contributed by atoms with E-state index in [-0.39, 0.29) is 5.75 Å². The molecule has 0 aromatic heterocycles. The number of ether oxygens (including phenoxy) is 1. The van der Waals surface area contributed by atoms with Crippen LogP contribution in [0.5, 0.6) is 11.5 Å². The van der Waals surface area contributed by atoms with Crippen molar-refractivity contribution in [2.75, 3.05) is 26.2 Å². The summed E-state index contributed by atoms with van der Waals surface area (Å²) in [4.78, 5) is 0. The molecule has 2 rings (SSSR count). The minimum atomic E-state index is 0.260. The number of hydrogen-bond donors (Lipinski definition) is 3. The van der Waals surface area contributed by atoms with E-state index >= 15 is 0 Å². The van der Waals surface area contributed by atoms with Gasteiger partial charge in [0.05, 0.1) is 6.61 Å². The van der Waals surface area contributed by atoms with Gasteiger partial charge < -0.3 is 20.9 Å². The molecule has 1 aliphatic heterocycles. The monoisotopic (exact) mass is 250 g/mol. The second kappa shape index (κ2) is 6.61. The Morgan fingerprint density at radius 2 is 1.94 bits per heavy atom. The molecule has 1 fully saturated rings. The molecule has 4 heteroatoms. The van der Waals surface area contributed by atoms with Gasteiger partial charge in [0.15, 0.2) is 0 Å². The molecular weight excluding hydrogens is 228 g/mol. The zero-order valence-corrected chi connectivity index (χ0v) is 10.6. The van der Waals surface area contributed by atoms with Gasteiger partial charge in [0.25, 0.3) is 0 Å². The molecular formula is C14H22N2O2. The average molecular weight is 250 g/mol. The number of nitrogens with one attached hydrogen (secondary N) is 1. The first-order valence-corrected chi connectivity index (χ1v) is 6.62. The molecule has 1 aromatic carbocycles. The van der Waals surface area contributed by atoms with Gasteiger partial charge in [-0.2, -0.15) is 0 Å². The average Bonchev–Trinajstić information content (AvgIpc) is 2.43. The second-order valence-electron chi connectivity index (χ2n) is 4.89. The number of aromatic hydroxyl groups is 1. The highest BCUT2D eigenvalue weighted by Gasteiger charge is 2.22. The van der Waals surface area contributed by atoms with Crippen LogP contribution in [0.4, 0.5) is 0 Å². The van der Waals surface area contributed by atoms with E-state index in [1.807, 2.05) is 0 Å². The summed E-state index contributed by atoms with van der Waals surface area (Å²) < 4.78 is 5.76. The standard InChI is InChI=1S/C14H22N2O2/c15-9-12(11-5-7-16-8-6-11)10-18-14-3-1-13(17)2-4-14/h1-4,11-12,16-17H,5-10,15H2. The largest absolute Gasteiger partial charge is 0.508 e. The number of hydrogen-bond acceptors (Lipinski definition) is 4. The summed E-state index contributed by atoms with van der Waals surface area (Å²) >= 11 is 0. The molecule has 1 aromatic rings. The van der Waals surface area contributed by atoms with Gasteiger partial charge in [-0.3, -0.25) is 0 Å². The minimum absolute atomic E-state index is 0.260. The highest BCUT2D eigenvalue weighted by atomic mass is 16.5. The van der Waals surface area contributed by atoms with Crippen molar-refractivity contribution >= 4 is 0 Å². The fraction of sp³-hybridized carbons (Fsp3) is 0.571. The highest BCUT2D eigenvalue weighted by molar-refractivity contribution is 5.30. The number of phenols is 1. The first-order chi connectivity index (χ1) is 8.79. The summed E-state index contributed by atoms with van der Waals surface area (Å²) in [6, 6.07) is 6.84. The molecule has 4 N–H and O–H groups in total. The molecule has 18 heavy (non-hydrogen) atoms. The van der Waals surface area contributed by atoms with Gasteiger partial charge in [-0.15, -0.1) is 0 Å². The summed E-state index contributed by atoms with van der Waals surface area (Å²) in [7, 11) is 0. The zero-order chi connectivity index (χ0) is 12.8. The van der Waals surface area contributed by atoms with Crippen molar-refractivity contribution in [1.29, 1.82) is 0 Å². The van der Waals surface area contributed by atoms with Crippen molar-refractivity contribution in [3.05, 3.63) is 24.3 Å². The van der Waals surface area contributed by atoms with Crippen molar-refractivity contribution in [2.24, 2.45) is 17.6 Å². The van der Waals surface area contributed by atoms with Gasteiger partial charge in [0.2, 0.25) is 0 Å². The van der Waals surface area contributed by atoms with Crippen LogP contribution in [0.3, 0.4) is 0 Å². The van der Waals surface area contributed by atoms with Gasteiger partial charge in [0, 0.05) is 5.92 Å². The number of benzene rings is 1. The van der Waals surface area contributed by atoms with Crippen molar-refractivity contribution < 1.29 is 9.84 Å². The molecule has 0 radical (unpaired) electrons. The molecule has 0 amide bonds. The number of phenolic OH excluding ortho intramolecular Hbond substituents is 1. The van der Waals surface area contributed by atoms with Crippen molar-refractivity contribution in [1.82, 2.24) is 5.32 Å². The SMILES string of the molecule is NCC(COc1ccc(O)cc1)C1CCNCC1. The molecule has 0 bridgehead atoms. The van der Waals surface area contributed by atoms with Crippen molar-refractivity contribution in [3.63, 3.8) is 0 Å². The topological polar surface area (TPSA) is 67.5 Å². The number of rotatable bonds is 5. The lowest BCUT2D eigenvalue weighted by atomic mass is 9.85. The minimum Gasteiger partial charge on any atom is -0.508 e. The Morgan fingerprint density at radius 3 is 2.56 bits per heavy atom. The maximum atomic E-state index is 9.20. The fourth-order valence-electron chi connectivity index (χ4n) is 2.46. The van der Waals surface area contributed by atoms with E-state index < -0.39 is 0 Å². The maximum Gasteiger partial charge on any atom is 0.119 e. The zero-order valence-electron chi connectivity index (χ0n) is 10.6. The van der Waals surface area contributed by atoms with Crippen LogP contribution < -0.4 is 15.8 Å². The first-order valence-electron chi connectivity index (χ1n) is 6.62. The number of piperidine rings is 1. The fourth-order valence-corrected chi connectivity index (χ4v) is 2.46. The molecule has 1 atom stereocenters. The Bertz CT molecular complexity index is 347. The van der Waals surface area contributed by atoms with E-state index in [1.54, 1.807) is 24.3 Å². The second-order valence-corrected chi connectivity index (χ2v) is 4.89. The smallest absolute Gasteiger partial charge is 0.119 e. The third-order valence-electron chi connectivity index (χ3n) is 3.65. The summed E-state index contributed by atoms with van der Waals surface area (Å²) in [5, 5.41) is 12.6. The highest BCUT2D eigenvalue weighted by Crippen LogP contribution is 2.23. The maximum absolute atomic E-state index is 9.20. The van der Waals surface area contributed by atoms with Gasteiger partial charge >= 0.3 is 0 Å². The Hall–Kier alpha value is -1.26. The summed E-state index contributed by atoms with van der Waals surface area (Å²) in [6.45, 7) is 3.50. The van der Waals surface area contributed by atoms with E-state index in [9.17, 15) is 5.11 Å². The molecule has 100 valence electrons. The molecule has 0 spiro atoms. The normalized spacial score (nSPS) is 18.5. The third kappa shape index (κ3) is 3.62. The van der Waals surface area contributed by atoms with Crippen molar-refractivity contribution in [3.8, 4) is 11.5 Å². The van der Waals surface area contributed by atoms with Crippen LogP contribution >= 0.6 is 0 Å². The molecule has 1 heterocycles.